The Kier molecular flexibility index (Phi) is 7.01. The Bertz CT molecular complexity index is 153. The third kappa shape index (κ3) is 4.81. The van der Waals surface area contributed by atoms with E-state index >= 15 is 0 Å². The van der Waals surface area contributed by atoms with Gasteiger partial charge in [0.2, 0.25) is 0 Å². The van der Waals surface area contributed by atoms with Crippen LogP contribution in [0.15, 0.2) is 0 Å². The Morgan fingerprint density at radius 2 is 1.62 bits per heavy atom. The molecule has 0 aliphatic carbocycles. The highest BCUT2D eigenvalue weighted by molar-refractivity contribution is 4.64. The van der Waals surface area contributed by atoms with Gasteiger partial charge < -0.3 is 14.2 Å². The third-order valence-electron chi connectivity index (χ3n) is 2.84. The van der Waals surface area contributed by atoms with Crippen LogP contribution in [0.25, 0.3) is 0 Å². The standard InChI is InChI=1S/C13H26O3/c1-3-5-10-14-13(15-11-6-4-2)9-7-8-12-16-13/h3-12H2,1-2H3. The lowest BCUT2D eigenvalue weighted by Gasteiger charge is -2.36. The van der Waals surface area contributed by atoms with Crippen molar-refractivity contribution in [2.45, 2.75) is 64.8 Å². The molecule has 0 amide bonds. The second-order valence-electron chi connectivity index (χ2n) is 4.39. The van der Waals surface area contributed by atoms with E-state index in [1.165, 1.54) is 0 Å². The quantitative estimate of drug-likeness (QED) is 0.472. The zero-order chi connectivity index (χ0) is 11.7. The Labute approximate surface area is 99.5 Å². The summed E-state index contributed by atoms with van der Waals surface area (Å²) in [5.41, 5.74) is 0. The summed E-state index contributed by atoms with van der Waals surface area (Å²) in [6, 6.07) is 0. The molecule has 1 saturated heterocycles. The second-order valence-corrected chi connectivity index (χ2v) is 4.39. The van der Waals surface area contributed by atoms with E-state index in [0.717, 1.165) is 64.8 Å². The van der Waals surface area contributed by atoms with E-state index in [1.807, 2.05) is 0 Å². The van der Waals surface area contributed by atoms with Gasteiger partial charge >= 0.3 is 0 Å². The number of hydrogen-bond acceptors (Lipinski definition) is 3. The highest BCUT2D eigenvalue weighted by Gasteiger charge is 2.35. The van der Waals surface area contributed by atoms with Crippen LogP contribution in [0.4, 0.5) is 0 Å². The van der Waals surface area contributed by atoms with E-state index in [9.17, 15) is 0 Å². The zero-order valence-electron chi connectivity index (χ0n) is 10.8. The summed E-state index contributed by atoms with van der Waals surface area (Å²) in [6.07, 6.45) is 7.56. The van der Waals surface area contributed by atoms with Gasteiger partial charge in [0.05, 0.1) is 19.8 Å². The van der Waals surface area contributed by atoms with Crippen LogP contribution in [0.3, 0.4) is 0 Å². The van der Waals surface area contributed by atoms with Crippen molar-refractivity contribution < 1.29 is 14.2 Å². The molecule has 1 fully saturated rings. The Balaban J connectivity index is 2.33. The lowest BCUT2D eigenvalue weighted by molar-refractivity contribution is -0.393. The van der Waals surface area contributed by atoms with E-state index < -0.39 is 5.97 Å². The van der Waals surface area contributed by atoms with Crippen molar-refractivity contribution in [2.75, 3.05) is 19.8 Å². The van der Waals surface area contributed by atoms with Gasteiger partial charge in [-0.25, -0.2) is 0 Å². The predicted molar refractivity (Wildman–Crippen MR) is 64.3 cm³/mol. The highest BCUT2D eigenvalue weighted by Crippen LogP contribution is 2.28. The molecule has 0 saturated carbocycles. The maximum atomic E-state index is 5.81. The molecule has 0 unspecified atom stereocenters. The van der Waals surface area contributed by atoms with Crippen molar-refractivity contribution in [3.63, 3.8) is 0 Å². The molecule has 0 atom stereocenters. The average Bonchev–Trinajstić information content (AvgIpc) is 2.31. The fraction of sp³-hybridized carbons (Fsp3) is 1.00. The van der Waals surface area contributed by atoms with Crippen molar-refractivity contribution in [1.29, 1.82) is 0 Å². The largest absolute Gasteiger partial charge is 0.327 e. The number of ether oxygens (including phenoxy) is 3. The van der Waals surface area contributed by atoms with Crippen molar-refractivity contribution >= 4 is 0 Å². The smallest absolute Gasteiger partial charge is 0.282 e. The molecular formula is C13H26O3. The van der Waals surface area contributed by atoms with Crippen LogP contribution >= 0.6 is 0 Å². The van der Waals surface area contributed by atoms with Crippen LogP contribution in [0.1, 0.15) is 58.8 Å². The Morgan fingerprint density at radius 3 is 2.06 bits per heavy atom. The first-order chi connectivity index (χ1) is 7.83. The topological polar surface area (TPSA) is 27.7 Å². The van der Waals surface area contributed by atoms with E-state index in [0.29, 0.717) is 0 Å². The molecule has 16 heavy (non-hydrogen) atoms. The summed E-state index contributed by atoms with van der Waals surface area (Å²) < 4.78 is 17.3. The number of unbranched alkanes of at least 4 members (excludes halogenated alkanes) is 2. The minimum Gasteiger partial charge on any atom is -0.327 e. The van der Waals surface area contributed by atoms with E-state index in [4.69, 9.17) is 14.2 Å². The Hall–Kier alpha value is -0.120. The maximum Gasteiger partial charge on any atom is 0.282 e. The van der Waals surface area contributed by atoms with Crippen molar-refractivity contribution in [2.24, 2.45) is 0 Å². The van der Waals surface area contributed by atoms with Gasteiger partial charge in [-0.05, 0) is 25.7 Å². The van der Waals surface area contributed by atoms with Crippen molar-refractivity contribution in [3.05, 3.63) is 0 Å². The lowest BCUT2D eigenvalue weighted by atomic mass is 10.2. The fourth-order valence-corrected chi connectivity index (χ4v) is 1.76. The minimum atomic E-state index is -0.720. The number of hydrogen-bond donors (Lipinski definition) is 0. The summed E-state index contributed by atoms with van der Waals surface area (Å²) in [6.45, 7) is 6.56. The van der Waals surface area contributed by atoms with Gasteiger partial charge in [-0.3, -0.25) is 0 Å². The van der Waals surface area contributed by atoms with Crippen LogP contribution in [-0.2, 0) is 14.2 Å². The van der Waals surface area contributed by atoms with Crippen LogP contribution < -0.4 is 0 Å². The summed E-state index contributed by atoms with van der Waals surface area (Å²) in [4.78, 5) is 0. The molecule has 0 spiro atoms. The Morgan fingerprint density at radius 1 is 1.00 bits per heavy atom. The molecule has 3 nitrogen and oxygen atoms in total. The van der Waals surface area contributed by atoms with Crippen LogP contribution in [0, 0.1) is 0 Å². The molecule has 3 heteroatoms. The molecule has 1 heterocycles. The monoisotopic (exact) mass is 230 g/mol. The van der Waals surface area contributed by atoms with Gasteiger partial charge in [-0.2, -0.15) is 0 Å². The number of rotatable bonds is 8. The molecule has 1 aliphatic heterocycles. The molecule has 0 aromatic heterocycles. The first-order valence-electron chi connectivity index (χ1n) is 6.75. The molecule has 0 aromatic carbocycles. The van der Waals surface area contributed by atoms with Gasteiger partial charge in [-0.1, -0.05) is 26.7 Å². The normalized spacial score (nSPS) is 19.9. The third-order valence-corrected chi connectivity index (χ3v) is 2.84. The SMILES string of the molecule is CCCCOC1(OCCCC)CCCCO1. The molecule has 0 aromatic rings. The van der Waals surface area contributed by atoms with Crippen LogP contribution in [0.2, 0.25) is 0 Å². The van der Waals surface area contributed by atoms with Gasteiger partial charge in [-0.15, -0.1) is 0 Å². The van der Waals surface area contributed by atoms with Crippen LogP contribution in [0.5, 0.6) is 0 Å². The maximum absolute atomic E-state index is 5.81. The van der Waals surface area contributed by atoms with Gasteiger partial charge in [0.1, 0.15) is 0 Å². The van der Waals surface area contributed by atoms with Crippen molar-refractivity contribution in [3.8, 4) is 0 Å². The first kappa shape index (κ1) is 13.9. The summed E-state index contributed by atoms with van der Waals surface area (Å²) in [7, 11) is 0. The van der Waals surface area contributed by atoms with Gasteiger partial charge in [0.25, 0.3) is 5.97 Å². The summed E-state index contributed by atoms with van der Waals surface area (Å²) in [5.74, 6) is -0.720. The second kappa shape index (κ2) is 8.04. The molecule has 96 valence electrons. The zero-order valence-corrected chi connectivity index (χ0v) is 10.8. The molecule has 1 aliphatic rings. The predicted octanol–water partition coefficient (Wildman–Crippen LogP) is 3.47. The molecule has 0 radical (unpaired) electrons. The first-order valence-corrected chi connectivity index (χ1v) is 6.75. The van der Waals surface area contributed by atoms with Gasteiger partial charge in [0.15, 0.2) is 0 Å². The van der Waals surface area contributed by atoms with Crippen molar-refractivity contribution in [1.82, 2.24) is 0 Å². The van der Waals surface area contributed by atoms with E-state index in [1.54, 1.807) is 0 Å². The highest BCUT2D eigenvalue weighted by atomic mass is 16.9. The summed E-state index contributed by atoms with van der Waals surface area (Å²) >= 11 is 0. The average molecular weight is 230 g/mol. The lowest BCUT2D eigenvalue weighted by Crippen LogP contribution is -2.42. The van der Waals surface area contributed by atoms with E-state index in [2.05, 4.69) is 13.8 Å². The van der Waals surface area contributed by atoms with E-state index in [-0.39, 0.29) is 0 Å². The molecule has 0 bridgehead atoms. The molecular weight excluding hydrogens is 204 g/mol. The fourth-order valence-electron chi connectivity index (χ4n) is 1.76. The molecule has 0 N–H and O–H groups in total. The molecule has 1 rings (SSSR count). The summed E-state index contributed by atoms with van der Waals surface area (Å²) in [5, 5.41) is 0. The minimum absolute atomic E-state index is 0.720. The van der Waals surface area contributed by atoms with Gasteiger partial charge in [0, 0.05) is 6.42 Å². The van der Waals surface area contributed by atoms with Crippen LogP contribution in [-0.4, -0.2) is 25.8 Å².